The number of carboxylic acid groups (broad SMARTS) is 1. The van der Waals surface area contributed by atoms with Crippen molar-refractivity contribution in [2.24, 2.45) is 0 Å². The van der Waals surface area contributed by atoms with Crippen LogP contribution >= 0.6 is 0 Å². The van der Waals surface area contributed by atoms with E-state index < -0.39 is 12.0 Å². The Morgan fingerprint density at radius 3 is 2.47 bits per heavy atom. The summed E-state index contributed by atoms with van der Waals surface area (Å²) in [5, 5.41) is 18.5. The first-order chi connectivity index (χ1) is 7.97. The average molecular weight is 237 g/mol. The van der Waals surface area contributed by atoms with Gasteiger partial charge in [0.2, 0.25) is 5.91 Å². The summed E-state index contributed by atoms with van der Waals surface area (Å²) >= 11 is 0. The van der Waals surface area contributed by atoms with Crippen molar-refractivity contribution in [2.45, 2.75) is 19.9 Å². The minimum atomic E-state index is -1.12. The van der Waals surface area contributed by atoms with Crippen molar-refractivity contribution in [1.29, 1.82) is 0 Å². The maximum absolute atomic E-state index is 11.4. The fraction of sp³-hybridized carbons (Fsp3) is 0.333. The monoisotopic (exact) mass is 237 g/mol. The standard InChI is InChI=1S/C12H15NO4/c1-3-13(8(2)14)11(12(16)17)9-5-4-6-10(15)7-9/h4-7,11,15H,3H2,1-2H3,(H,16,17). The van der Waals surface area contributed by atoms with Crippen LogP contribution in [-0.4, -0.2) is 33.5 Å². The number of amides is 1. The zero-order valence-corrected chi connectivity index (χ0v) is 9.75. The van der Waals surface area contributed by atoms with Crippen molar-refractivity contribution >= 4 is 11.9 Å². The zero-order valence-electron chi connectivity index (χ0n) is 9.75. The van der Waals surface area contributed by atoms with Gasteiger partial charge in [-0.25, -0.2) is 4.79 Å². The molecule has 1 amide bonds. The molecule has 0 saturated carbocycles. The molecule has 5 nitrogen and oxygen atoms in total. The molecule has 17 heavy (non-hydrogen) atoms. The molecule has 0 fully saturated rings. The molecule has 1 rings (SSSR count). The Kier molecular flexibility index (Phi) is 4.09. The summed E-state index contributed by atoms with van der Waals surface area (Å²) < 4.78 is 0. The molecule has 1 aromatic rings. The third-order valence-electron chi connectivity index (χ3n) is 2.48. The summed E-state index contributed by atoms with van der Waals surface area (Å²) in [6.45, 7) is 3.32. The SMILES string of the molecule is CCN(C(C)=O)C(C(=O)O)c1cccc(O)c1. The van der Waals surface area contributed by atoms with Gasteiger partial charge in [-0.05, 0) is 24.6 Å². The number of aliphatic carboxylic acids is 1. The van der Waals surface area contributed by atoms with Gasteiger partial charge in [-0.1, -0.05) is 12.1 Å². The second-order valence-corrected chi connectivity index (χ2v) is 3.64. The number of carboxylic acids is 1. The second kappa shape index (κ2) is 5.34. The predicted octanol–water partition coefficient (Wildman–Crippen LogP) is 1.39. The van der Waals surface area contributed by atoms with Crippen molar-refractivity contribution < 1.29 is 19.8 Å². The first-order valence-corrected chi connectivity index (χ1v) is 5.26. The van der Waals surface area contributed by atoms with Crippen LogP contribution in [0.3, 0.4) is 0 Å². The lowest BCUT2D eigenvalue weighted by Crippen LogP contribution is -2.37. The molecule has 0 aliphatic rings. The number of phenols is 1. The van der Waals surface area contributed by atoms with Gasteiger partial charge in [-0.2, -0.15) is 0 Å². The smallest absolute Gasteiger partial charge is 0.331 e. The lowest BCUT2D eigenvalue weighted by atomic mass is 10.0. The van der Waals surface area contributed by atoms with Crippen LogP contribution < -0.4 is 0 Å². The highest BCUT2D eigenvalue weighted by atomic mass is 16.4. The van der Waals surface area contributed by atoms with E-state index in [0.717, 1.165) is 0 Å². The highest BCUT2D eigenvalue weighted by Crippen LogP contribution is 2.24. The molecule has 0 aliphatic heterocycles. The molecule has 1 atom stereocenters. The topological polar surface area (TPSA) is 77.8 Å². The predicted molar refractivity (Wildman–Crippen MR) is 61.5 cm³/mol. The van der Waals surface area contributed by atoms with Gasteiger partial charge in [0, 0.05) is 13.5 Å². The Hall–Kier alpha value is -2.04. The summed E-state index contributed by atoms with van der Waals surface area (Å²) in [5.41, 5.74) is 0.384. The van der Waals surface area contributed by atoms with Gasteiger partial charge >= 0.3 is 5.97 Å². The Balaban J connectivity index is 3.17. The Morgan fingerprint density at radius 2 is 2.06 bits per heavy atom. The fourth-order valence-electron chi connectivity index (χ4n) is 1.74. The lowest BCUT2D eigenvalue weighted by Gasteiger charge is -2.26. The number of nitrogens with zero attached hydrogens (tertiary/aromatic N) is 1. The Labute approximate surface area is 99.3 Å². The summed E-state index contributed by atoms with van der Waals surface area (Å²) in [6, 6.07) is 4.86. The van der Waals surface area contributed by atoms with Crippen molar-refractivity contribution in [3.8, 4) is 5.75 Å². The van der Waals surface area contributed by atoms with Gasteiger partial charge in [0.1, 0.15) is 5.75 Å². The van der Waals surface area contributed by atoms with Crippen molar-refractivity contribution in [3.63, 3.8) is 0 Å². The molecule has 0 spiro atoms. The van der Waals surface area contributed by atoms with Gasteiger partial charge < -0.3 is 15.1 Å². The number of phenolic OH excluding ortho intramolecular Hbond substituents is 1. The molecule has 1 unspecified atom stereocenters. The van der Waals surface area contributed by atoms with E-state index in [4.69, 9.17) is 0 Å². The normalized spacial score (nSPS) is 11.9. The van der Waals surface area contributed by atoms with Crippen LogP contribution in [0.25, 0.3) is 0 Å². The maximum atomic E-state index is 11.4. The molecule has 0 saturated heterocycles. The molecule has 92 valence electrons. The number of benzene rings is 1. The number of rotatable bonds is 4. The number of likely N-dealkylation sites (N-methyl/N-ethyl adjacent to an activating group) is 1. The van der Waals surface area contributed by atoms with Crippen LogP contribution in [0.4, 0.5) is 0 Å². The van der Waals surface area contributed by atoms with Crippen LogP contribution in [0, 0.1) is 0 Å². The third kappa shape index (κ3) is 2.96. The molecule has 0 aliphatic carbocycles. The molecular weight excluding hydrogens is 222 g/mol. The van der Waals surface area contributed by atoms with Crippen molar-refractivity contribution in [1.82, 2.24) is 4.90 Å². The van der Waals surface area contributed by atoms with Crippen LogP contribution in [0.1, 0.15) is 25.5 Å². The van der Waals surface area contributed by atoms with Crippen molar-refractivity contribution in [3.05, 3.63) is 29.8 Å². The molecular formula is C12H15NO4. The highest BCUT2D eigenvalue weighted by Gasteiger charge is 2.28. The van der Waals surface area contributed by atoms with Crippen LogP contribution in [0.5, 0.6) is 5.75 Å². The van der Waals surface area contributed by atoms with Gasteiger partial charge in [0.15, 0.2) is 6.04 Å². The van der Waals surface area contributed by atoms with Crippen LogP contribution in [-0.2, 0) is 9.59 Å². The van der Waals surface area contributed by atoms with Gasteiger partial charge in [-0.15, -0.1) is 0 Å². The van der Waals surface area contributed by atoms with Gasteiger partial charge in [-0.3, -0.25) is 4.79 Å². The van der Waals surface area contributed by atoms with Gasteiger partial charge in [0.05, 0.1) is 0 Å². The van der Waals surface area contributed by atoms with E-state index in [2.05, 4.69) is 0 Å². The van der Waals surface area contributed by atoms with E-state index in [1.165, 1.54) is 24.0 Å². The van der Waals surface area contributed by atoms with Gasteiger partial charge in [0.25, 0.3) is 0 Å². The highest BCUT2D eigenvalue weighted by molar-refractivity contribution is 5.83. The van der Waals surface area contributed by atoms with Crippen molar-refractivity contribution in [2.75, 3.05) is 6.54 Å². The Morgan fingerprint density at radius 1 is 1.41 bits per heavy atom. The largest absolute Gasteiger partial charge is 0.508 e. The zero-order chi connectivity index (χ0) is 13.0. The van der Waals surface area contributed by atoms with E-state index in [0.29, 0.717) is 12.1 Å². The number of hydrogen-bond donors (Lipinski definition) is 2. The fourth-order valence-corrected chi connectivity index (χ4v) is 1.74. The first kappa shape index (κ1) is 13.0. The van der Waals surface area contributed by atoms with E-state index >= 15 is 0 Å². The molecule has 2 N–H and O–H groups in total. The molecule has 1 aromatic carbocycles. The summed E-state index contributed by atoms with van der Waals surface area (Å²) in [5.74, 6) is -1.45. The molecule has 0 heterocycles. The van der Waals surface area contributed by atoms with Crippen LogP contribution in [0.2, 0.25) is 0 Å². The third-order valence-corrected chi connectivity index (χ3v) is 2.48. The first-order valence-electron chi connectivity index (χ1n) is 5.26. The van der Waals surface area contributed by atoms with E-state index in [-0.39, 0.29) is 11.7 Å². The molecule has 0 radical (unpaired) electrons. The van der Waals surface area contributed by atoms with Crippen LogP contribution in [0.15, 0.2) is 24.3 Å². The molecule has 5 heteroatoms. The summed E-state index contributed by atoms with van der Waals surface area (Å²) in [4.78, 5) is 23.9. The molecule has 0 bridgehead atoms. The maximum Gasteiger partial charge on any atom is 0.331 e. The second-order valence-electron chi connectivity index (χ2n) is 3.64. The van der Waals surface area contributed by atoms with E-state index in [9.17, 15) is 19.8 Å². The minimum absolute atomic E-state index is 0.0200. The number of carbonyl (C=O) groups excluding carboxylic acids is 1. The average Bonchev–Trinajstić information content (AvgIpc) is 2.24. The quantitative estimate of drug-likeness (QED) is 0.829. The lowest BCUT2D eigenvalue weighted by molar-refractivity contribution is -0.149. The number of hydrogen-bond acceptors (Lipinski definition) is 3. The number of aromatic hydroxyl groups is 1. The summed E-state index contributed by atoms with van der Waals surface area (Å²) in [7, 11) is 0. The van der Waals surface area contributed by atoms with E-state index in [1.54, 1.807) is 19.1 Å². The summed E-state index contributed by atoms with van der Waals surface area (Å²) in [6.07, 6.45) is 0. The van der Waals surface area contributed by atoms with E-state index in [1.807, 2.05) is 0 Å². The minimum Gasteiger partial charge on any atom is -0.508 e. The molecule has 0 aromatic heterocycles. The Bertz CT molecular complexity index is 430. The number of carbonyl (C=O) groups is 2.